The van der Waals surface area contributed by atoms with Crippen molar-refractivity contribution in [3.05, 3.63) is 41.7 Å². The van der Waals surface area contributed by atoms with Crippen molar-refractivity contribution in [2.45, 2.75) is 76.5 Å². The summed E-state index contributed by atoms with van der Waals surface area (Å²) in [5.74, 6) is 0.740. The molecule has 2 N–H and O–H groups in total. The first-order valence-electron chi connectivity index (χ1n) is 12.2. The second-order valence-electron chi connectivity index (χ2n) is 9.26. The predicted octanol–water partition coefficient (Wildman–Crippen LogP) is 2.55. The lowest BCUT2D eigenvalue weighted by Crippen LogP contribution is -2.55. The lowest BCUT2D eigenvalue weighted by atomic mass is 9.83. The number of tetrazole rings is 1. The number of likely N-dealkylation sites (N-methyl/N-ethyl adjacent to an activating group) is 1. The van der Waals surface area contributed by atoms with Crippen LogP contribution < -0.4 is 10.6 Å². The maximum Gasteiger partial charge on any atom is 0.246 e. The van der Waals surface area contributed by atoms with Gasteiger partial charge < -0.3 is 15.5 Å². The zero-order valence-corrected chi connectivity index (χ0v) is 19.6. The standard InChI is InChI=1S/C24H35N7O2.2H2/c1-17(25-2)23(32)26-21(19-12-7-4-8-13-19)24(33)30-15-9-14-20(30)22-27-28-29-31(22)16-18-10-5-3-6-11-18;;/h3,5-6,10-11,17,19-21,25H,4,7-9,12-16H2,1-2H3,(H,26,32);2*1H/t17-,20-,21-;;/m0../s1. The quantitative estimate of drug-likeness (QED) is 0.631. The van der Waals surface area contributed by atoms with Gasteiger partial charge in [-0.15, -0.1) is 5.10 Å². The predicted molar refractivity (Wildman–Crippen MR) is 128 cm³/mol. The molecule has 1 aliphatic carbocycles. The zero-order valence-electron chi connectivity index (χ0n) is 19.6. The first-order valence-corrected chi connectivity index (χ1v) is 12.2. The summed E-state index contributed by atoms with van der Waals surface area (Å²) in [4.78, 5) is 28.5. The summed E-state index contributed by atoms with van der Waals surface area (Å²) < 4.78 is 1.79. The number of amides is 2. The van der Waals surface area contributed by atoms with Crippen LogP contribution in [0.3, 0.4) is 0 Å². The average molecular weight is 458 g/mol. The highest BCUT2D eigenvalue weighted by Crippen LogP contribution is 2.34. The summed E-state index contributed by atoms with van der Waals surface area (Å²) in [6, 6.07) is 9.02. The second-order valence-corrected chi connectivity index (χ2v) is 9.26. The lowest BCUT2D eigenvalue weighted by molar-refractivity contribution is -0.139. The van der Waals surface area contributed by atoms with Gasteiger partial charge in [-0.25, -0.2) is 4.68 Å². The van der Waals surface area contributed by atoms with Crippen molar-refractivity contribution < 1.29 is 12.4 Å². The molecular weight excluding hydrogens is 418 g/mol. The van der Waals surface area contributed by atoms with E-state index in [0.29, 0.717) is 18.9 Å². The second kappa shape index (κ2) is 10.9. The molecule has 2 fully saturated rings. The Kier molecular flexibility index (Phi) is 7.69. The highest BCUT2D eigenvalue weighted by Gasteiger charge is 2.40. The van der Waals surface area contributed by atoms with E-state index in [1.165, 1.54) is 6.42 Å². The molecule has 1 aliphatic heterocycles. The summed E-state index contributed by atoms with van der Waals surface area (Å²) in [5.41, 5.74) is 1.11. The molecule has 9 heteroatoms. The number of hydrogen-bond donors (Lipinski definition) is 2. The third-order valence-electron chi connectivity index (χ3n) is 7.08. The van der Waals surface area contributed by atoms with Crippen molar-refractivity contribution in [1.29, 1.82) is 0 Å². The first-order chi connectivity index (χ1) is 16.1. The molecule has 0 radical (unpaired) electrons. The summed E-state index contributed by atoms with van der Waals surface area (Å²) in [7, 11) is 1.75. The Balaban J connectivity index is 0.00000216. The van der Waals surface area contributed by atoms with Crippen LogP contribution >= 0.6 is 0 Å². The number of aromatic nitrogens is 4. The highest BCUT2D eigenvalue weighted by molar-refractivity contribution is 5.90. The van der Waals surface area contributed by atoms with Crippen molar-refractivity contribution >= 4 is 11.8 Å². The molecule has 2 amide bonds. The van der Waals surface area contributed by atoms with Gasteiger partial charge in [0.2, 0.25) is 11.8 Å². The number of hydrogen-bond acceptors (Lipinski definition) is 6. The Bertz CT molecular complexity index is 937. The van der Waals surface area contributed by atoms with Gasteiger partial charge in [-0.3, -0.25) is 9.59 Å². The molecule has 2 aromatic rings. The fourth-order valence-corrected chi connectivity index (χ4v) is 5.05. The van der Waals surface area contributed by atoms with E-state index in [2.05, 4.69) is 26.2 Å². The van der Waals surface area contributed by atoms with Crippen LogP contribution in [-0.2, 0) is 16.1 Å². The maximum absolute atomic E-state index is 13.9. The molecule has 182 valence electrons. The van der Waals surface area contributed by atoms with Gasteiger partial charge in [-0.2, -0.15) is 0 Å². The van der Waals surface area contributed by atoms with E-state index in [1.54, 1.807) is 11.7 Å². The summed E-state index contributed by atoms with van der Waals surface area (Å²) in [5, 5.41) is 18.5. The van der Waals surface area contributed by atoms with Crippen molar-refractivity contribution in [3.63, 3.8) is 0 Å². The number of carbonyl (C=O) groups excluding carboxylic acids is 2. The van der Waals surface area contributed by atoms with Crippen molar-refractivity contribution in [3.8, 4) is 0 Å². The highest BCUT2D eigenvalue weighted by atomic mass is 16.2. The molecule has 0 unspecified atom stereocenters. The normalized spacial score (nSPS) is 21.0. The molecule has 2 heterocycles. The van der Waals surface area contributed by atoms with E-state index < -0.39 is 6.04 Å². The zero-order chi connectivity index (χ0) is 23.2. The number of likely N-dealkylation sites (tertiary alicyclic amines) is 1. The van der Waals surface area contributed by atoms with Crippen molar-refractivity contribution in [1.82, 2.24) is 35.7 Å². The van der Waals surface area contributed by atoms with Crippen LogP contribution in [0, 0.1) is 5.92 Å². The molecule has 1 saturated carbocycles. The number of benzene rings is 1. The van der Waals surface area contributed by atoms with E-state index in [9.17, 15) is 9.59 Å². The van der Waals surface area contributed by atoms with Crippen LogP contribution in [0.2, 0.25) is 0 Å². The number of nitrogens with one attached hydrogen (secondary N) is 2. The van der Waals surface area contributed by atoms with E-state index in [1.807, 2.05) is 42.2 Å². The first kappa shape index (κ1) is 23.4. The molecule has 3 atom stereocenters. The van der Waals surface area contributed by atoms with Crippen LogP contribution in [0.1, 0.15) is 72.2 Å². The van der Waals surface area contributed by atoms with E-state index >= 15 is 0 Å². The minimum absolute atomic E-state index is 0. The molecule has 0 spiro atoms. The molecule has 9 nitrogen and oxygen atoms in total. The summed E-state index contributed by atoms with van der Waals surface area (Å²) in [6.07, 6.45) is 7.05. The minimum atomic E-state index is -0.507. The molecular formula is C24H39N7O2. The van der Waals surface area contributed by atoms with Gasteiger partial charge in [0.25, 0.3) is 0 Å². The fourth-order valence-electron chi connectivity index (χ4n) is 5.05. The Morgan fingerprint density at radius 1 is 1.12 bits per heavy atom. The largest absolute Gasteiger partial charge is 0.343 e. The SMILES string of the molecule is CN[C@@H](C)C(=O)N[C@H](C(=O)N1CCC[C@H]1c1nnnn1Cc1ccccc1)C1CCCCC1.[HH].[HH]. The summed E-state index contributed by atoms with van der Waals surface area (Å²) in [6.45, 7) is 3.03. The Morgan fingerprint density at radius 3 is 2.61 bits per heavy atom. The van der Waals surface area contributed by atoms with E-state index in [4.69, 9.17) is 0 Å². The van der Waals surface area contributed by atoms with Crippen LogP contribution in [0.4, 0.5) is 0 Å². The minimum Gasteiger partial charge on any atom is -0.343 e. The van der Waals surface area contributed by atoms with Gasteiger partial charge in [0, 0.05) is 9.40 Å². The van der Waals surface area contributed by atoms with Gasteiger partial charge >= 0.3 is 0 Å². The summed E-state index contributed by atoms with van der Waals surface area (Å²) >= 11 is 0. The van der Waals surface area contributed by atoms with Gasteiger partial charge in [0.1, 0.15) is 6.04 Å². The molecule has 1 aromatic heterocycles. The molecule has 1 saturated heterocycles. The lowest BCUT2D eigenvalue weighted by Gasteiger charge is -2.35. The molecule has 33 heavy (non-hydrogen) atoms. The van der Waals surface area contributed by atoms with Crippen LogP contribution in [0.5, 0.6) is 0 Å². The molecule has 2 aliphatic rings. The van der Waals surface area contributed by atoms with Gasteiger partial charge in [-0.05, 0) is 61.6 Å². The average Bonchev–Trinajstić information content (AvgIpc) is 3.52. The number of rotatable bonds is 8. The topological polar surface area (TPSA) is 105 Å². The maximum atomic E-state index is 13.9. The smallest absolute Gasteiger partial charge is 0.246 e. The van der Waals surface area contributed by atoms with Crippen LogP contribution in [0.15, 0.2) is 30.3 Å². The fraction of sp³-hybridized carbons (Fsp3) is 0.625. The molecule has 0 bridgehead atoms. The van der Waals surface area contributed by atoms with Crippen molar-refractivity contribution in [2.75, 3.05) is 13.6 Å². The van der Waals surface area contributed by atoms with Gasteiger partial charge in [-0.1, -0.05) is 49.6 Å². The third kappa shape index (κ3) is 5.40. The van der Waals surface area contributed by atoms with Gasteiger partial charge in [0.05, 0.1) is 18.6 Å². The third-order valence-corrected chi connectivity index (χ3v) is 7.08. The number of carbonyl (C=O) groups is 2. The Hall–Kier alpha value is -2.81. The van der Waals surface area contributed by atoms with Crippen LogP contribution in [-0.4, -0.2) is 62.6 Å². The number of nitrogens with zero attached hydrogens (tertiary/aromatic N) is 5. The van der Waals surface area contributed by atoms with E-state index in [0.717, 1.165) is 44.1 Å². The van der Waals surface area contributed by atoms with Gasteiger partial charge in [0.15, 0.2) is 5.82 Å². The van der Waals surface area contributed by atoms with E-state index in [-0.39, 0.29) is 32.7 Å². The monoisotopic (exact) mass is 457 g/mol. The Morgan fingerprint density at radius 2 is 1.88 bits per heavy atom. The Labute approximate surface area is 198 Å². The van der Waals surface area contributed by atoms with Crippen LogP contribution in [0.25, 0.3) is 0 Å². The molecule has 1 aromatic carbocycles. The molecule has 4 rings (SSSR count). The van der Waals surface area contributed by atoms with Crippen molar-refractivity contribution in [2.24, 2.45) is 5.92 Å².